The fraction of sp³-hybridized carbons (Fsp3) is 0.281. The van der Waals surface area contributed by atoms with Crippen molar-refractivity contribution in [3.8, 4) is 5.75 Å². The Morgan fingerprint density at radius 3 is 2.38 bits per heavy atom. The summed E-state index contributed by atoms with van der Waals surface area (Å²) >= 11 is 0. The normalized spacial score (nSPS) is 16.6. The molecule has 0 saturated carbocycles. The van der Waals surface area contributed by atoms with E-state index in [1.807, 2.05) is 37.3 Å². The number of aryl methyl sites for hydroxylation is 3. The molecule has 0 radical (unpaired) electrons. The summed E-state index contributed by atoms with van der Waals surface area (Å²) in [6.45, 7) is 8.00. The lowest BCUT2D eigenvalue weighted by molar-refractivity contribution is -0.122. The molecule has 4 aromatic carbocycles. The van der Waals surface area contributed by atoms with Gasteiger partial charge < -0.3 is 10.1 Å². The Morgan fingerprint density at radius 1 is 0.949 bits per heavy atom. The van der Waals surface area contributed by atoms with Crippen molar-refractivity contribution in [3.05, 3.63) is 95.1 Å². The Morgan fingerprint density at radius 2 is 1.67 bits per heavy atom. The van der Waals surface area contributed by atoms with Crippen LogP contribution in [0.3, 0.4) is 0 Å². The predicted octanol–water partition coefficient (Wildman–Crippen LogP) is 6.14. The second-order valence-electron chi connectivity index (χ2n) is 11.5. The third kappa shape index (κ3) is 4.44. The maximum Gasteiger partial charge on any atom is 0.267 e. The summed E-state index contributed by atoms with van der Waals surface area (Å²) in [5.74, 6) is -0.0196. The molecule has 1 unspecified atom stereocenters. The van der Waals surface area contributed by atoms with Gasteiger partial charge in [-0.05, 0) is 77.6 Å². The quantitative estimate of drug-likeness (QED) is 0.337. The molecule has 0 fully saturated rings. The SMILES string of the molecule is Cc1ccc(S(=O)(=O)N2CC(C(=O)Nc3ccc4c5c(cccc35)CC4)Oc3ccc(C(C)(C)C)cc32)cc1. The van der Waals surface area contributed by atoms with Crippen molar-refractivity contribution in [1.82, 2.24) is 0 Å². The Bertz CT molecular complexity index is 1710. The van der Waals surface area contributed by atoms with Crippen molar-refractivity contribution >= 4 is 38.1 Å². The van der Waals surface area contributed by atoms with E-state index in [0.717, 1.165) is 29.4 Å². The van der Waals surface area contributed by atoms with Crippen molar-refractivity contribution in [2.45, 2.75) is 57.0 Å². The molecule has 1 aliphatic carbocycles. The highest BCUT2D eigenvalue weighted by Crippen LogP contribution is 2.41. The second-order valence-corrected chi connectivity index (χ2v) is 13.4. The zero-order chi connectivity index (χ0) is 27.5. The van der Waals surface area contributed by atoms with Gasteiger partial charge in [-0.3, -0.25) is 9.10 Å². The first-order valence-corrected chi connectivity index (χ1v) is 14.7. The Hall–Kier alpha value is -3.84. The van der Waals surface area contributed by atoms with Crippen molar-refractivity contribution in [1.29, 1.82) is 0 Å². The van der Waals surface area contributed by atoms with Crippen molar-refractivity contribution in [2.75, 3.05) is 16.2 Å². The molecule has 39 heavy (non-hydrogen) atoms. The van der Waals surface area contributed by atoms with Gasteiger partial charge in [-0.25, -0.2) is 8.42 Å². The van der Waals surface area contributed by atoms with Gasteiger partial charge in [0.15, 0.2) is 6.10 Å². The van der Waals surface area contributed by atoms with Crippen LogP contribution in [0.15, 0.2) is 77.7 Å². The number of sulfonamides is 1. The highest BCUT2D eigenvalue weighted by atomic mass is 32.2. The minimum Gasteiger partial charge on any atom is -0.476 e. The van der Waals surface area contributed by atoms with E-state index in [-0.39, 0.29) is 22.8 Å². The first kappa shape index (κ1) is 25.4. The first-order valence-electron chi connectivity index (χ1n) is 13.3. The molecule has 0 spiro atoms. The van der Waals surface area contributed by atoms with Gasteiger partial charge in [0.25, 0.3) is 15.9 Å². The van der Waals surface area contributed by atoms with E-state index >= 15 is 0 Å². The predicted molar refractivity (Wildman–Crippen MR) is 155 cm³/mol. The van der Waals surface area contributed by atoms with Crippen LogP contribution in [0.5, 0.6) is 5.75 Å². The number of carbonyl (C=O) groups is 1. The van der Waals surface area contributed by atoms with Gasteiger partial charge in [0.05, 0.1) is 17.1 Å². The van der Waals surface area contributed by atoms with Gasteiger partial charge >= 0.3 is 0 Å². The lowest BCUT2D eigenvalue weighted by atomic mass is 9.86. The molecular weight excluding hydrogens is 508 g/mol. The topological polar surface area (TPSA) is 75.7 Å². The van der Waals surface area contributed by atoms with Crippen LogP contribution >= 0.6 is 0 Å². The number of ether oxygens (including phenoxy) is 1. The van der Waals surface area contributed by atoms with Crippen LogP contribution in [0.4, 0.5) is 11.4 Å². The lowest BCUT2D eigenvalue weighted by Crippen LogP contribution is -2.49. The molecule has 1 amide bonds. The number of carbonyl (C=O) groups excluding carboxylic acids is 1. The molecule has 200 valence electrons. The fourth-order valence-electron chi connectivity index (χ4n) is 5.49. The number of amides is 1. The molecule has 1 heterocycles. The number of nitrogens with one attached hydrogen (secondary N) is 1. The van der Waals surface area contributed by atoms with E-state index in [2.05, 4.69) is 38.2 Å². The molecule has 1 N–H and O–H groups in total. The number of hydrogen-bond donors (Lipinski definition) is 1. The van der Waals surface area contributed by atoms with Crippen molar-refractivity contribution in [3.63, 3.8) is 0 Å². The van der Waals surface area contributed by atoms with Crippen LogP contribution in [0.25, 0.3) is 10.8 Å². The molecule has 0 bridgehead atoms. The lowest BCUT2D eigenvalue weighted by Gasteiger charge is -2.36. The van der Waals surface area contributed by atoms with E-state index in [1.165, 1.54) is 20.8 Å². The number of anilines is 2. The first-order chi connectivity index (χ1) is 18.5. The summed E-state index contributed by atoms with van der Waals surface area (Å²) in [7, 11) is -3.96. The third-order valence-electron chi connectivity index (χ3n) is 7.73. The second kappa shape index (κ2) is 9.12. The van der Waals surface area contributed by atoms with Gasteiger partial charge in [-0.15, -0.1) is 0 Å². The van der Waals surface area contributed by atoms with E-state index in [9.17, 15) is 13.2 Å². The number of benzene rings is 4. The number of rotatable bonds is 4. The molecule has 2 aliphatic rings. The van der Waals surface area contributed by atoms with Gasteiger partial charge in [-0.1, -0.05) is 68.8 Å². The monoisotopic (exact) mass is 540 g/mol. The van der Waals surface area contributed by atoms with Crippen LogP contribution in [-0.4, -0.2) is 27.0 Å². The molecule has 0 aromatic heterocycles. The summed E-state index contributed by atoms with van der Waals surface area (Å²) in [6, 6.07) is 22.5. The summed E-state index contributed by atoms with van der Waals surface area (Å²) in [5.41, 5.74) is 5.46. The summed E-state index contributed by atoms with van der Waals surface area (Å²) < 4.78 is 35.4. The third-order valence-corrected chi connectivity index (χ3v) is 9.52. The summed E-state index contributed by atoms with van der Waals surface area (Å²) in [4.78, 5) is 13.8. The molecule has 7 heteroatoms. The van der Waals surface area contributed by atoms with Gasteiger partial charge in [0.1, 0.15) is 5.75 Å². The van der Waals surface area contributed by atoms with Crippen LogP contribution < -0.4 is 14.4 Å². The van der Waals surface area contributed by atoms with Crippen LogP contribution in [0, 0.1) is 6.92 Å². The van der Waals surface area contributed by atoms with E-state index in [4.69, 9.17) is 4.74 Å². The van der Waals surface area contributed by atoms with Crippen molar-refractivity contribution < 1.29 is 17.9 Å². The van der Waals surface area contributed by atoms with Gasteiger partial charge in [0.2, 0.25) is 0 Å². The minimum absolute atomic E-state index is 0.135. The standard InChI is InChI=1S/C32H32N2O4S/c1-20-8-14-24(15-9-20)39(36,37)34-19-29(38-28-17-13-23(18-27(28)34)32(2,3)4)31(35)33-26-16-12-22-11-10-21-6-5-7-25(26)30(21)22/h5-9,12-18,29H,10-11,19H2,1-4H3,(H,33,35). The van der Waals surface area contributed by atoms with E-state index < -0.39 is 16.1 Å². The molecule has 6 rings (SSSR count). The zero-order valence-electron chi connectivity index (χ0n) is 22.6. The largest absolute Gasteiger partial charge is 0.476 e. The zero-order valence-corrected chi connectivity index (χ0v) is 23.4. The van der Waals surface area contributed by atoms with Crippen LogP contribution in [0.1, 0.15) is 43.0 Å². The average molecular weight is 541 g/mol. The Labute approximate surface area is 229 Å². The Kier molecular flexibility index (Phi) is 5.95. The van der Waals surface area contributed by atoms with Crippen LogP contribution in [-0.2, 0) is 33.1 Å². The molecule has 4 aromatic rings. The fourth-order valence-corrected chi connectivity index (χ4v) is 6.96. The van der Waals surface area contributed by atoms with Gasteiger partial charge in [0, 0.05) is 11.1 Å². The maximum absolute atomic E-state index is 13.9. The number of fused-ring (bicyclic) bond motifs is 1. The molecule has 0 saturated heterocycles. The van der Waals surface area contributed by atoms with E-state index in [0.29, 0.717) is 17.1 Å². The number of hydrogen-bond acceptors (Lipinski definition) is 4. The maximum atomic E-state index is 13.9. The molecule has 6 nitrogen and oxygen atoms in total. The smallest absolute Gasteiger partial charge is 0.267 e. The van der Waals surface area contributed by atoms with Gasteiger partial charge in [-0.2, -0.15) is 0 Å². The average Bonchev–Trinajstić information content (AvgIpc) is 3.33. The summed E-state index contributed by atoms with van der Waals surface area (Å²) in [6.07, 6.45) is 0.963. The van der Waals surface area contributed by atoms with Crippen LogP contribution in [0.2, 0.25) is 0 Å². The summed E-state index contributed by atoms with van der Waals surface area (Å²) in [5, 5.41) is 5.23. The highest BCUT2D eigenvalue weighted by molar-refractivity contribution is 7.92. The van der Waals surface area contributed by atoms with E-state index in [1.54, 1.807) is 30.3 Å². The highest BCUT2D eigenvalue weighted by Gasteiger charge is 2.38. The molecule has 1 aliphatic heterocycles. The number of nitrogens with zero attached hydrogens (tertiary/aromatic N) is 1. The molecular formula is C32H32N2O4S. The molecule has 1 atom stereocenters. The van der Waals surface area contributed by atoms with Crippen molar-refractivity contribution in [2.24, 2.45) is 0 Å². The minimum atomic E-state index is -3.96. The Balaban J connectivity index is 1.38.